The first-order valence-electron chi connectivity index (χ1n) is 7.99. The minimum Gasteiger partial charge on any atom is -0.378 e. The zero-order valence-corrected chi connectivity index (χ0v) is 13.4. The van der Waals surface area contributed by atoms with Crippen LogP contribution in [0.25, 0.3) is 0 Å². The Morgan fingerprint density at radius 3 is 2.35 bits per heavy atom. The number of benzene rings is 2. The Labute approximate surface area is 137 Å². The van der Waals surface area contributed by atoms with Gasteiger partial charge in [-0.2, -0.15) is 0 Å². The molecule has 0 atom stereocenters. The molecule has 0 aromatic heterocycles. The van der Waals surface area contributed by atoms with Crippen molar-refractivity contribution in [2.45, 2.75) is 13.3 Å². The van der Waals surface area contributed by atoms with Crippen LogP contribution in [-0.2, 0) is 16.0 Å². The molecule has 1 N–H and O–H groups in total. The quantitative estimate of drug-likeness (QED) is 0.944. The largest absolute Gasteiger partial charge is 0.378 e. The summed E-state index contributed by atoms with van der Waals surface area (Å²) >= 11 is 0. The van der Waals surface area contributed by atoms with Gasteiger partial charge in [0.25, 0.3) is 0 Å². The van der Waals surface area contributed by atoms with E-state index < -0.39 is 0 Å². The van der Waals surface area contributed by atoms with Gasteiger partial charge in [0.2, 0.25) is 5.91 Å². The summed E-state index contributed by atoms with van der Waals surface area (Å²) in [6, 6.07) is 16.1. The predicted octanol–water partition coefficient (Wildman–Crippen LogP) is 3.01. The second-order valence-electron chi connectivity index (χ2n) is 5.86. The Balaban J connectivity index is 1.57. The number of aryl methyl sites for hydroxylation is 1. The Morgan fingerprint density at radius 2 is 1.70 bits per heavy atom. The van der Waals surface area contributed by atoms with Crippen LogP contribution in [0, 0.1) is 6.92 Å². The van der Waals surface area contributed by atoms with Gasteiger partial charge in [0.05, 0.1) is 19.6 Å². The molecule has 23 heavy (non-hydrogen) atoms. The summed E-state index contributed by atoms with van der Waals surface area (Å²) in [6.45, 7) is 5.42. The van der Waals surface area contributed by atoms with Gasteiger partial charge < -0.3 is 15.0 Å². The monoisotopic (exact) mass is 310 g/mol. The number of amides is 1. The average Bonchev–Trinajstić information content (AvgIpc) is 2.58. The molecule has 4 nitrogen and oxygen atoms in total. The molecule has 1 amide bonds. The van der Waals surface area contributed by atoms with Gasteiger partial charge in [0.1, 0.15) is 0 Å². The number of nitrogens with zero attached hydrogens (tertiary/aromatic N) is 1. The van der Waals surface area contributed by atoms with E-state index in [2.05, 4.69) is 10.2 Å². The van der Waals surface area contributed by atoms with Gasteiger partial charge in [-0.1, -0.05) is 29.8 Å². The molecular weight excluding hydrogens is 288 g/mol. The van der Waals surface area contributed by atoms with Crippen LogP contribution in [0.2, 0.25) is 0 Å². The maximum atomic E-state index is 12.1. The second-order valence-corrected chi connectivity index (χ2v) is 5.86. The Hall–Kier alpha value is -2.33. The van der Waals surface area contributed by atoms with Crippen LogP contribution in [-0.4, -0.2) is 32.2 Å². The third-order valence-electron chi connectivity index (χ3n) is 4.01. The lowest BCUT2D eigenvalue weighted by Gasteiger charge is -2.28. The van der Waals surface area contributed by atoms with Crippen LogP contribution >= 0.6 is 0 Å². The number of anilines is 2. The van der Waals surface area contributed by atoms with Crippen LogP contribution in [0.15, 0.2) is 48.5 Å². The molecule has 0 spiro atoms. The highest BCUT2D eigenvalue weighted by Crippen LogP contribution is 2.19. The first-order valence-corrected chi connectivity index (χ1v) is 7.99. The highest BCUT2D eigenvalue weighted by atomic mass is 16.5. The molecule has 1 saturated heterocycles. The third-order valence-corrected chi connectivity index (χ3v) is 4.01. The number of carbonyl (C=O) groups excluding carboxylic acids is 1. The van der Waals surface area contributed by atoms with E-state index >= 15 is 0 Å². The van der Waals surface area contributed by atoms with Crippen LogP contribution in [0.3, 0.4) is 0 Å². The molecule has 1 fully saturated rings. The molecule has 1 aliphatic rings. The standard InChI is InChI=1S/C19H22N2O2/c1-15-2-4-16(5-3-15)14-19(22)20-17-6-8-18(9-7-17)21-10-12-23-13-11-21/h2-9H,10-14H2,1H3,(H,20,22). The summed E-state index contributed by atoms with van der Waals surface area (Å²) in [6.07, 6.45) is 0.394. The summed E-state index contributed by atoms with van der Waals surface area (Å²) in [7, 11) is 0. The van der Waals surface area contributed by atoms with Gasteiger partial charge in [-0.25, -0.2) is 0 Å². The fourth-order valence-corrected chi connectivity index (χ4v) is 2.67. The summed E-state index contributed by atoms with van der Waals surface area (Å²) < 4.78 is 5.36. The van der Waals surface area contributed by atoms with Crippen molar-refractivity contribution in [2.24, 2.45) is 0 Å². The van der Waals surface area contributed by atoms with Crippen LogP contribution in [0.4, 0.5) is 11.4 Å². The summed E-state index contributed by atoms with van der Waals surface area (Å²) in [4.78, 5) is 14.4. The summed E-state index contributed by atoms with van der Waals surface area (Å²) in [5.74, 6) is 0.00738. The minimum atomic E-state index is 0.00738. The van der Waals surface area contributed by atoms with E-state index in [9.17, 15) is 4.79 Å². The first-order chi connectivity index (χ1) is 11.2. The molecule has 0 bridgehead atoms. The Morgan fingerprint density at radius 1 is 1.04 bits per heavy atom. The van der Waals surface area contributed by atoms with Crippen LogP contribution in [0.5, 0.6) is 0 Å². The molecule has 1 aliphatic heterocycles. The highest BCUT2D eigenvalue weighted by Gasteiger charge is 2.11. The molecule has 2 aromatic carbocycles. The van der Waals surface area contributed by atoms with Gasteiger partial charge in [-0.05, 0) is 36.8 Å². The van der Waals surface area contributed by atoms with E-state index in [1.807, 2.05) is 55.5 Å². The molecule has 0 aliphatic carbocycles. The minimum absolute atomic E-state index is 0.00738. The second kappa shape index (κ2) is 7.29. The summed E-state index contributed by atoms with van der Waals surface area (Å²) in [5.41, 5.74) is 4.23. The lowest BCUT2D eigenvalue weighted by Crippen LogP contribution is -2.36. The number of hydrogen-bond acceptors (Lipinski definition) is 3. The number of hydrogen-bond donors (Lipinski definition) is 1. The summed E-state index contributed by atoms with van der Waals surface area (Å²) in [5, 5.41) is 2.95. The maximum Gasteiger partial charge on any atom is 0.228 e. The van der Waals surface area contributed by atoms with E-state index in [0.717, 1.165) is 37.6 Å². The van der Waals surface area contributed by atoms with Crippen molar-refractivity contribution >= 4 is 17.3 Å². The van der Waals surface area contributed by atoms with Gasteiger partial charge in [-0.3, -0.25) is 4.79 Å². The van der Waals surface area contributed by atoms with Crippen molar-refractivity contribution in [1.29, 1.82) is 0 Å². The molecule has 0 radical (unpaired) electrons. The van der Waals surface area contributed by atoms with E-state index in [0.29, 0.717) is 6.42 Å². The van der Waals surface area contributed by atoms with Crippen LogP contribution < -0.4 is 10.2 Å². The van der Waals surface area contributed by atoms with Crippen molar-refractivity contribution in [2.75, 3.05) is 36.5 Å². The number of ether oxygens (including phenoxy) is 1. The molecule has 1 heterocycles. The molecular formula is C19H22N2O2. The highest BCUT2D eigenvalue weighted by molar-refractivity contribution is 5.92. The van der Waals surface area contributed by atoms with Crippen molar-refractivity contribution in [3.8, 4) is 0 Å². The molecule has 4 heteroatoms. The number of morpholine rings is 1. The normalized spacial score (nSPS) is 14.6. The van der Waals surface area contributed by atoms with Gasteiger partial charge in [0.15, 0.2) is 0 Å². The van der Waals surface area contributed by atoms with Crippen molar-refractivity contribution in [1.82, 2.24) is 0 Å². The molecule has 3 rings (SSSR count). The van der Waals surface area contributed by atoms with Crippen molar-refractivity contribution in [3.05, 3.63) is 59.7 Å². The van der Waals surface area contributed by atoms with Crippen LogP contribution in [0.1, 0.15) is 11.1 Å². The fourth-order valence-electron chi connectivity index (χ4n) is 2.67. The van der Waals surface area contributed by atoms with E-state index in [4.69, 9.17) is 4.74 Å². The SMILES string of the molecule is Cc1ccc(CC(=O)Nc2ccc(N3CCOCC3)cc2)cc1. The molecule has 120 valence electrons. The maximum absolute atomic E-state index is 12.1. The zero-order chi connectivity index (χ0) is 16.1. The Bertz CT molecular complexity index is 644. The molecule has 0 saturated carbocycles. The van der Waals surface area contributed by atoms with Gasteiger partial charge >= 0.3 is 0 Å². The predicted molar refractivity (Wildman–Crippen MR) is 93.0 cm³/mol. The Kier molecular flexibility index (Phi) is 4.93. The molecule has 0 unspecified atom stereocenters. The zero-order valence-electron chi connectivity index (χ0n) is 13.4. The fraction of sp³-hybridized carbons (Fsp3) is 0.316. The van der Waals surface area contributed by atoms with Crippen molar-refractivity contribution < 1.29 is 9.53 Å². The smallest absolute Gasteiger partial charge is 0.228 e. The molecule has 2 aromatic rings. The lowest BCUT2D eigenvalue weighted by atomic mass is 10.1. The topological polar surface area (TPSA) is 41.6 Å². The van der Waals surface area contributed by atoms with Gasteiger partial charge in [-0.15, -0.1) is 0 Å². The van der Waals surface area contributed by atoms with Gasteiger partial charge in [0, 0.05) is 24.5 Å². The third kappa shape index (κ3) is 4.33. The lowest BCUT2D eigenvalue weighted by molar-refractivity contribution is -0.115. The van der Waals surface area contributed by atoms with E-state index in [-0.39, 0.29) is 5.91 Å². The number of carbonyl (C=O) groups is 1. The first kappa shape index (κ1) is 15.6. The van der Waals surface area contributed by atoms with E-state index in [1.54, 1.807) is 0 Å². The number of rotatable bonds is 4. The number of nitrogens with one attached hydrogen (secondary N) is 1. The van der Waals surface area contributed by atoms with E-state index in [1.165, 1.54) is 11.3 Å². The average molecular weight is 310 g/mol. The van der Waals surface area contributed by atoms with Crippen molar-refractivity contribution in [3.63, 3.8) is 0 Å².